The molecule has 2 amide bonds. The Kier molecular flexibility index (Phi) is 8.00. The first-order chi connectivity index (χ1) is 15.2. The fourth-order valence-electron chi connectivity index (χ4n) is 3.38. The van der Waals surface area contributed by atoms with Crippen LogP contribution in [0, 0.1) is 0 Å². The lowest BCUT2D eigenvalue weighted by Crippen LogP contribution is -2.50. The summed E-state index contributed by atoms with van der Waals surface area (Å²) in [5.74, 6) is 1.30. The first-order valence-electron chi connectivity index (χ1n) is 10.6. The third-order valence-electron chi connectivity index (χ3n) is 4.89. The van der Waals surface area contributed by atoms with Crippen LogP contribution in [0.25, 0.3) is 11.5 Å². The van der Waals surface area contributed by atoms with Crippen molar-refractivity contribution in [3.8, 4) is 17.2 Å². The highest BCUT2D eigenvalue weighted by Crippen LogP contribution is 2.26. The Labute approximate surface area is 192 Å². The number of hydrogen-bond donors (Lipinski definition) is 1. The molecular weight excluding hydrogens is 432 g/mol. The van der Waals surface area contributed by atoms with Crippen LogP contribution in [-0.4, -0.2) is 64.7 Å². The SMILES string of the molecule is COc1ccc(-c2nnc(SCC(=O)N3CCCCC3CNC(=O)OC(C)(C)C)o2)cc1. The molecule has 1 aromatic heterocycles. The average Bonchev–Trinajstić information content (AvgIpc) is 3.24. The number of carbonyl (C=O) groups is 2. The van der Waals surface area contributed by atoms with E-state index in [2.05, 4.69) is 15.5 Å². The number of hydrogen-bond acceptors (Lipinski definition) is 8. The van der Waals surface area contributed by atoms with E-state index < -0.39 is 11.7 Å². The predicted molar refractivity (Wildman–Crippen MR) is 121 cm³/mol. The lowest BCUT2D eigenvalue weighted by Gasteiger charge is -2.36. The maximum absolute atomic E-state index is 12.9. The minimum absolute atomic E-state index is 0.0186. The summed E-state index contributed by atoms with van der Waals surface area (Å²) in [5, 5.41) is 11.2. The van der Waals surface area contributed by atoms with Gasteiger partial charge in [0.1, 0.15) is 11.4 Å². The highest BCUT2D eigenvalue weighted by molar-refractivity contribution is 7.99. The summed E-state index contributed by atoms with van der Waals surface area (Å²) in [4.78, 5) is 26.7. The molecule has 32 heavy (non-hydrogen) atoms. The van der Waals surface area contributed by atoms with Crippen molar-refractivity contribution in [2.75, 3.05) is 26.0 Å². The molecule has 0 saturated carbocycles. The van der Waals surface area contributed by atoms with Crippen molar-refractivity contribution < 1.29 is 23.5 Å². The monoisotopic (exact) mass is 462 g/mol. The molecule has 1 aliphatic heterocycles. The Morgan fingerprint density at radius 2 is 1.97 bits per heavy atom. The number of alkyl carbamates (subject to hydrolysis) is 1. The maximum Gasteiger partial charge on any atom is 0.407 e. The Morgan fingerprint density at radius 1 is 1.22 bits per heavy atom. The molecule has 1 aliphatic rings. The molecule has 2 heterocycles. The number of amides is 2. The zero-order valence-electron chi connectivity index (χ0n) is 18.9. The first-order valence-corrected chi connectivity index (χ1v) is 11.6. The summed E-state index contributed by atoms with van der Waals surface area (Å²) < 4.78 is 16.1. The van der Waals surface area contributed by atoms with E-state index in [-0.39, 0.29) is 17.7 Å². The first kappa shape index (κ1) is 23.9. The van der Waals surface area contributed by atoms with Gasteiger partial charge in [-0.1, -0.05) is 11.8 Å². The number of rotatable bonds is 7. The molecule has 1 unspecified atom stereocenters. The van der Waals surface area contributed by atoms with E-state index in [4.69, 9.17) is 13.9 Å². The van der Waals surface area contributed by atoms with Crippen LogP contribution < -0.4 is 10.1 Å². The second-order valence-corrected chi connectivity index (χ2v) is 9.44. The molecule has 1 aromatic carbocycles. The van der Waals surface area contributed by atoms with E-state index in [1.165, 1.54) is 11.8 Å². The number of piperidine rings is 1. The fourth-order valence-corrected chi connectivity index (χ4v) is 4.03. The number of carbonyl (C=O) groups excluding carboxylic acids is 2. The number of nitrogens with zero attached hydrogens (tertiary/aromatic N) is 3. The molecule has 1 atom stereocenters. The molecule has 3 rings (SSSR count). The molecule has 1 fully saturated rings. The van der Waals surface area contributed by atoms with Crippen molar-refractivity contribution in [3.63, 3.8) is 0 Å². The van der Waals surface area contributed by atoms with E-state index in [1.807, 2.05) is 49.9 Å². The Morgan fingerprint density at radius 3 is 2.66 bits per heavy atom. The summed E-state index contributed by atoms with van der Waals surface area (Å²) in [5.41, 5.74) is 0.221. The van der Waals surface area contributed by atoms with Gasteiger partial charge in [-0.15, -0.1) is 10.2 Å². The van der Waals surface area contributed by atoms with E-state index in [0.717, 1.165) is 30.6 Å². The number of methoxy groups -OCH3 is 1. The van der Waals surface area contributed by atoms with Gasteiger partial charge in [0, 0.05) is 24.7 Å². The number of thioether (sulfide) groups is 1. The van der Waals surface area contributed by atoms with Gasteiger partial charge >= 0.3 is 6.09 Å². The second kappa shape index (κ2) is 10.7. The van der Waals surface area contributed by atoms with Crippen LogP contribution in [0.3, 0.4) is 0 Å². The van der Waals surface area contributed by atoms with Gasteiger partial charge in [-0.2, -0.15) is 0 Å². The van der Waals surface area contributed by atoms with Crippen LogP contribution in [-0.2, 0) is 9.53 Å². The minimum Gasteiger partial charge on any atom is -0.497 e. The topological polar surface area (TPSA) is 107 Å². The van der Waals surface area contributed by atoms with Crippen molar-refractivity contribution in [1.29, 1.82) is 0 Å². The van der Waals surface area contributed by atoms with Gasteiger partial charge in [0.05, 0.1) is 12.9 Å². The van der Waals surface area contributed by atoms with E-state index in [1.54, 1.807) is 7.11 Å². The normalized spacial score (nSPS) is 16.5. The van der Waals surface area contributed by atoms with Gasteiger partial charge in [-0.3, -0.25) is 4.79 Å². The van der Waals surface area contributed by atoms with Crippen molar-refractivity contribution in [2.45, 2.75) is 56.9 Å². The molecule has 1 saturated heterocycles. The van der Waals surface area contributed by atoms with E-state index in [9.17, 15) is 9.59 Å². The molecule has 2 aromatic rings. The standard InChI is InChI=1S/C22H30N4O5S/c1-22(2,3)31-20(28)23-13-16-7-5-6-12-26(16)18(27)14-32-21-25-24-19(30-21)15-8-10-17(29-4)11-9-15/h8-11,16H,5-7,12-14H2,1-4H3,(H,23,28). The second-order valence-electron chi connectivity index (χ2n) is 8.51. The molecule has 1 N–H and O–H groups in total. The van der Waals surface area contributed by atoms with Crippen LogP contribution in [0.15, 0.2) is 33.9 Å². The fraction of sp³-hybridized carbons (Fsp3) is 0.545. The van der Waals surface area contributed by atoms with Crippen LogP contribution in [0.4, 0.5) is 4.79 Å². The van der Waals surface area contributed by atoms with Gasteiger partial charge < -0.3 is 24.1 Å². The lowest BCUT2D eigenvalue weighted by atomic mass is 10.0. The van der Waals surface area contributed by atoms with Gasteiger partial charge in [0.25, 0.3) is 5.22 Å². The Hall–Kier alpha value is -2.75. The molecule has 0 aliphatic carbocycles. The average molecular weight is 463 g/mol. The van der Waals surface area contributed by atoms with Crippen LogP contribution in [0.5, 0.6) is 5.75 Å². The van der Waals surface area contributed by atoms with Crippen molar-refractivity contribution in [2.24, 2.45) is 0 Å². The summed E-state index contributed by atoms with van der Waals surface area (Å²) in [7, 11) is 1.61. The van der Waals surface area contributed by atoms with Crippen LogP contribution in [0.1, 0.15) is 40.0 Å². The van der Waals surface area contributed by atoms with Gasteiger partial charge in [0.15, 0.2) is 0 Å². The maximum atomic E-state index is 12.9. The van der Waals surface area contributed by atoms with Crippen molar-refractivity contribution >= 4 is 23.8 Å². The molecule has 0 radical (unpaired) electrons. The molecular formula is C22H30N4O5S. The summed E-state index contributed by atoms with van der Waals surface area (Å²) in [6.45, 7) is 6.49. The molecule has 174 valence electrons. The molecule has 10 heteroatoms. The number of ether oxygens (including phenoxy) is 2. The zero-order chi connectivity index (χ0) is 23.1. The third-order valence-corrected chi connectivity index (χ3v) is 5.69. The molecule has 0 spiro atoms. The largest absolute Gasteiger partial charge is 0.497 e. The Bertz CT molecular complexity index is 910. The zero-order valence-corrected chi connectivity index (χ0v) is 19.7. The third kappa shape index (κ3) is 6.88. The Balaban J connectivity index is 1.52. The van der Waals surface area contributed by atoms with E-state index in [0.29, 0.717) is 24.2 Å². The van der Waals surface area contributed by atoms with E-state index >= 15 is 0 Å². The van der Waals surface area contributed by atoms with Crippen LogP contribution >= 0.6 is 11.8 Å². The van der Waals surface area contributed by atoms with Crippen molar-refractivity contribution in [3.05, 3.63) is 24.3 Å². The molecule has 0 bridgehead atoms. The highest BCUT2D eigenvalue weighted by Gasteiger charge is 2.28. The smallest absolute Gasteiger partial charge is 0.407 e. The number of nitrogens with one attached hydrogen (secondary N) is 1. The quantitative estimate of drug-likeness (QED) is 0.620. The highest BCUT2D eigenvalue weighted by atomic mass is 32.2. The summed E-state index contributed by atoms with van der Waals surface area (Å²) in [6, 6.07) is 7.25. The predicted octanol–water partition coefficient (Wildman–Crippen LogP) is 3.74. The summed E-state index contributed by atoms with van der Waals surface area (Å²) in [6.07, 6.45) is 2.34. The summed E-state index contributed by atoms with van der Waals surface area (Å²) >= 11 is 1.21. The number of aromatic nitrogens is 2. The number of likely N-dealkylation sites (tertiary alicyclic amines) is 1. The van der Waals surface area contributed by atoms with Crippen LogP contribution in [0.2, 0.25) is 0 Å². The lowest BCUT2D eigenvalue weighted by molar-refractivity contribution is -0.131. The minimum atomic E-state index is -0.558. The molecule has 9 nitrogen and oxygen atoms in total. The van der Waals surface area contributed by atoms with Gasteiger partial charge in [-0.05, 0) is 64.3 Å². The van der Waals surface area contributed by atoms with Crippen molar-refractivity contribution in [1.82, 2.24) is 20.4 Å². The number of benzene rings is 1. The van der Waals surface area contributed by atoms with Gasteiger partial charge in [-0.25, -0.2) is 4.79 Å². The van der Waals surface area contributed by atoms with Gasteiger partial charge in [0.2, 0.25) is 11.8 Å².